The summed E-state index contributed by atoms with van der Waals surface area (Å²) in [7, 11) is 1.79. The van der Waals surface area contributed by atoms with Gasteiger partial charge in [-0.3, -0.25) is 4.68 Å². The number of halogens is 4. The molecule has 2 heterocycles. The summed E-state index contributed by atoms with van der Waals surface area (Å²) in [5, 5.41) is 11.5. The molecular weight excluding hydrogens is 357 g/mol. The van der Waals surface area contributed by atoms with Crippen molar-refractivity contribution in [3.63, 3.8) is 0 Å². The van der Waals surface area contributed by atoms with E-state index in [9.17, 15) is 13.2 Å². The zero-order valence-corrected chi connectivity index (χ0v) is 14.5. The van der Waals surface area contributed by atoms with Crippen LogP contribution >= 0.6 is 11.6 Å². The summed E-state index contributed by atoms with van der Waals surface area (Å²) in [6, 6.07) is 4.76. The van der Waals surface area contributed by atoms with Crippen molar-refractivity contribution in [3.05, 3.63) is 40.7 Å². The quantitative estimate of drug-likeness (QED) is 0.883. The minimum atomic E-state index is -4.77. The lowest BCUT2D eigenvalue weighted by Crippen LogP contribution is -2.38. The number of piperidine rings is 1. The molecule has 0 unspecified atom stereocenters. The molecule has 1 N–H and O–H groups in total. The fraction of sp³-hybridized carbons (Fsp3) is 0.500. The lowest BCUT2D eigenvalue weighted by Gasteiger charge is -2.34. The van der Waals surface area contributed by atoms with Gasteiger partial charge in [0.25, 0.3) is 0 Å². The maximum Gasteiger partial charge on any atom is 0.573 e. The van der Waals surface area contributed by atoms with Crippen molar-refractivity contribution in [1.82, 2.24) is 20.3 Å². The van der Waals surface area contributed by atoms with Gasteiger partial charge in [0.2, 0.25) is 0 Å². The highest BCUT2D eigenvalue weighted by Crippen LogP contribution is 2.39. The molecule has 3 rings (SSSR count). The van der Waals surface area contributed by atoms with Crippen LogP contribution in [0.2, 0.25) is 5.02 Å². The van der Waals surface area contributed by atoms with E-state index in [1.165, 1.54) is 12.1 Å². The summed E-state index contributed by atoms with van der Waals surface area (Å²) >= 11 is 5.84. The Hall–Kier alpha value is -1.80. The van der Waals surface area contributed by atoms with Crippen molar-refractivity contribution in [2.45, 2.75) is 44.1 Å². The average Bonchev–Trinajstić information content (AvgIpc) is 2.94. The van der Waals surface area contributed by atoms with Crippen LogP contribution in [0, 0.1) is 0 Å². The van der Waals surface area contributed by atoms with Gasteiger partial charge in [-0.2, -0.15) is 0 Å². The molecule has 1 aliphatic heterocycles. The number of nitrogens with one attached hydrogen (secondary N) is 1. The van der Waals surface area contributed by atoms with E-state index in [1.807, 2.05) is 13.1 Å². The molecule has 0 aliphatic carbocycles. The molecule has 0 saturated carbocycles. The van der Waals surface area contributed by atoms with Crippen molar-refractivity contribution in [2.24, 2.45) is 7.05 Å². The van der Waals surface area contributed by atoms with Gasteiger partial charge in [0, 0.05) is 19.3 Å². The third kappa shape index (κ3) is 4.43. The zero-order valence-electron chi connectivity index (χ0n) is 13.7. The molecule has 25 heavy (non-hydrogen) atoms. The molecule has 136 valence electrons. The van der Waals surface area contributed by atoms with E-state index >= 15 is 0 Å². The monoisotopic (exact) mass is 374 g/mol. The molecule has 0 spiro atoms. The molecule has 1 aromatic heterocycles. The van der Waals surface area contributed by atoms with Gasteiger partial charge in [-0.1, -0.05) is 22.9 Å². The second kappa shape index (κ2) is 6.84. The van der Waals surface area contributed by atoms with Crippen LogP contribution in [-0.4, -0.2) is 27.4 Å². The Bertz CT molecular complexity index is 749. The Morgan fingerprint density at radius 2 is 2.08 bits per heavy atom. The van der Waals surface area contributed by atoms with Crippen LogP contribution in [0.1, 0.15) is 43.0 Å². The van der Waals surface area contributed by atoms with Crippen molar-refractivity contribution in [2.75, 3.05) is 0 Å². The number of hydrogen-bond donors (Lipinski definition) is 1. The molecule has 0 amide bonds. The third-order valence-electron chi connectivity index (χ3n) is 4.27. The first-order valence-corrected chi connectivity index (χ1v) is 8.26. The van der Waals surface area contributed by atoms with Gasteiger partial charge in [-0.15, -0.1) is 18.3 Å². The fourth-order valence-corrected chi connectivity index (χ4v) is 3.42. The summed E-state index contributed by atoms with van der Waals surface area (Å²) in [6.07, 6.45) is -1.43. The highest BCUT2D eigenvalue weighted by Gasteiger charge is 2.33. The first kappa shape index (κ1) is 18.0. The summed E-state index contributed by atoms with van der Waals surface area (Å²) in [5.74, 6) is -0.301. The minimum absolute atomic E-state index is 0.00916. The largest absolute Gasteiger partial charge is 0.573 e. The highest BCUT2D eigenvalue weighted by atomic mass is 35.5. The predicted octanol–water partition coefficient (Wildman–Crippen LogP) is 3.96. The topological polar surface area (TPSA) is 52.0 Å². The number of hydrogen-bond acceptors (Lipinski definition) is 4. The van der Waals surface area contributed by atoms with E-state index in [2.05, 4.69) is 20.4 Å². The Balaban J connectivity index is 1.84. The highest BCUT2D eigenvalue weighted by molar-refractivity contribution is 6.32. The first-order chi connectivity index (χ1) is 11.7. The fourth-order valence-electron chi connectivity index (χ4n) is 3.27. The summed E-state index contributed by atoms with van der Waals surface area (Å²) < 4.78 is 43.3. The number of ether oxygens (including phenoxy) is 1. The Labute approximate surface area is 148 Å². The third-order valence-corrected chi connectivity index (χ3v) is 4.59. The maximum atomic E-state index is 12.5. The predicted molar refractivity (Wildman–Crippen MR) is 86.5 cm³/mol. The first-order valence-electron chi connectivity index (χ1n) is 7.88. The van der Waals surface area contributed by atoms with Crippen LogP contribution in [0.4, 0.5) is 13.2 Å². The number of nitrogens with zero attached hydrogens (tertiary/aromatic N) is 3. The molecular formula is C16H18ClF3N4O. The number of benzene rings is 1. The molecule has 1 aliphatic rings. The molecule has 2 aromatic rings. The lowest BCUT2D eigenvalue weighted by molar-refractivity contribution is -0.274. The van der Waals surface area contributed by atoms with Gasteiger partial charge in [-0.05, 0) is 43.4 Å². The van der Waals surface area contributed by atoms with Gasteiger partial charge in [-0.25, -0.2) is 0 Å². The second-order valence-electron chi connectivity index (χ2n) is 6.34. The van der Waals surface area contributed by atoms with Crippen molar-refractivity contribution < 1.29 is 17.9 Å². The van der Waals surface area contributed by atoms with Gasteiger partial charge in [0.05, 0.1) is 16.8 Å². The van der Waals surface area contributed by atoms with Gasteiger partial charge in [0.15, 0.2) is 0 Å². The van der Waals surface area contributed by atoms with Crippen molar-refractivity contribution in [1.29, 1.82) is 0 Å². The standard InChI is InChI=1S/C16H18ClF3N4O/c1-9-5-11(6-13(21-9)14-8-24(2)23-22-14)10-3-4-12(17)15(7-10)25-16(18,19)20/h3-4,7-9,11,13,21H,5-6H2,1-2H3/t9-,11-,13-/m0/s1. The lowest BCUT2D eigenvalue weighted by atomic mass is 9.82. The number of rotatable bonds is 3. The smallest absolute Gasteiger partial charge is 0.404 e. The summed E-state index contributed by atoms with van der Waals surface area (Å²) in [5.41, 5.74) is 1.59. The number of alkyl halides is 3. The van der Waals surface area contributed by atoms with Crippen LogP contribution in [-0.2, 0) is 7.05 Å². The Morgan fingerprint density at radius 1 is 1.32 bits per heavy atom. The molecule has 1 fully saturated rings. The zero-order chi connectivity index (χ0) is 18.2. The molecule has 0 bridgehead atoms. The SMILES string of the molecule is C[C@H]1C[C@H](c2ccc(Cl)c(OC(F)(F)F)c2)C[C@@H](c2cn(C)nn2)N1. The van der Waals surface area contributed by atoms with E-state index in [-0.39, 0.29) is 28.8 Å². The average molecular weight is 375 g/mol. The molecule has 3 atom stereocenters. The molecule has 9 heteroatoms. The molecule has 1 aromatic carbocycles. The normalized spacial score (nSPS) is 24.3. The van der Waals surface area contributed by atoms with E-state index < -0.39 is 6.36 Å². The Kier molecular flexibility index (Phi) is 4.92. The van der Waals surface area contributed by atoms with E-state index in [0.717, 1.165) is 17.7 Å². The maximum absolute atomic E-state index is 12.5. The van der Waals surface area contributed by atoms with Gasteiger partial charge >= 0.3 is 6.36 Å². The van der Waals surface area contributed by atoms with E-state index in [0.29, 0.717) is 6.42 Å². The van der Waals surface area contributed by atoms with Crippen LogP contribution in [0.3, 0.4) is 0 Å². The Morgan fingerprint density at radius 3 is 2.72 bits per heavy atom. The van der Waals surface area contributed by atoms with Crippen molar-refractivity contribution >= 4 is 11.6 Å². The van der Waals surface area contributed by atoms with E-state index in [4.69, 9.17) is 11.6 Å². The number of aryl methyl sites for hydroxylation is 1. The number of aromatic nitrogens is 3. The molecule has 0 radical (unpaired) electrons. The van der Waals surface area contributed by atoms with E-state index in [1.54, 1.807) is 17.8 Å². The van der Waals surface area contributed by atoms with Crippen LogP contribution in [0.15, 0.2) is 24.4 Å². The molecule has 5 nitrogen and oxygen atoms in total. The van der Waals surface area contributed by atoms with Crippen molar-refractivity contribution in [3.8, 4) is 5.75 Å². The van der Waals surface area contributed by atoms with Gasteiger partial charge in [0.1, 0.15) is 5.75 Å². The summed E-state index contributed by atoms with van der Waals surface area (Å²) in [4.78, 5) is 0. The minimum Gasteiger partial charge on any atom is -0.404 e. The molecule has 1 saturated heterocycles. The summed E-state index contributed by atoms with van der Waals surface area (Å²) in [6.45, 7) is 2.04. The van der Waals surface area contributed by atoms with Gasteiger partial charge < -0.3 is 10.1 Å². The second-order valence-corrected chi connectivity index (χ2v) is 6.75. The van der Waals surface area contributed by atoms with Crippen LogP contribution < -0.4 is 10.1 Å². The van der Waals surface area contributed by atoms with Crippen LogP contribution in [0.5, 0.6) is 5.75 Å². The van der Waals surface area contributed by atoms with Crippen LogP contribution in [0.25, 0.3) is 0 Å².